The van der Waals surface area contributed by atoms with Crippen LogP contribution in [0.2, 0.25) is 0 Å². The van der Waals surface area contributed by atoms with Crippen LogP contribution in [0.3, 0.4) is 0 Å². The lowest BCUT2D eigenvalue weighted by Crippen LogP contribution is -2.45. The zero-order chi connectivity index (χ0) is 17.2. The van der Waals surface area contributed by atoms with Gasteiger partial charge in [0.1, 0.15) is 5.75 Å². The number of benzene rings is 1. The Bertz CT molecular complexity index is 686. The van der Waals surface area contributed by atoms with Gasteiger partial charge in [-0.15, -0.1) is 0 Å². The number of aliphatic hydroxyl groups excluding tert-OH is 1. The maximum absolute atomic E-state index is 10.0. The summed E-state index contributed by atoms with van der Waals surface area (Å²) in [6, 6.07) is 6.24. The number of aromatic nitrogens is 2. The van der Waals surface area contributed by atoms with Crippen molar-refractivity contribution in [3.63, 3.8) is 0 Å². The fourth-order valence-corrected chi connectivity index (χ4v) is 3.73. The first-order chi connectivity index (χ1) is 11.6. The van der Waals surface area contributed by atoms with Crippen LogP contribution in [0.15, 0.2) is 30.6 Å². The van der Waals surface area contributed by atoms with Gasteiger partial charge in [0.25, 0.3) is 0 Å². The lowest BCUT2D eigenvalue weighted by Gasteiger charge is -2.46. The van der Waals surface area contributed by atoms with Crippen molar-refractivity contribution in [2.45, 2.75) is 38.8 Å². The second kappa shape index (κ2) is 6.95. The summed E-state index contributed by atoms with van der Waals surface area (Å²) in [6.07, 6.45) is 7.23. The summed E-state index contributed by atoms with van der Waals surface area (Å²) in [6.45, 7) is 3.03. The molecule has 3 rings (SSSR count). The molecule has 0 bridgehead atoms. The number of rotatable bonds is 7. The molecule has 0 unspecified atom stereocenters. The molecule has 5 heteroatoms. The summed E-state index contributed by atoms with van der Waals surface area (Å²) in [4.78, 5) is 0. The highest BCUT2D eigenvalue weighted by atomic mass is 16.5. The van der Waals surface area contributed by atoms with E-state index < -0.39 is 0 Å². The molecule has 24 heavy (non-hydrogen) atoms. The molecule has 2 N–H and O–H groups in total. The van der Waals surface area contributed by atoms with E-state index in [0.29, 0.717) is 0 Å². The van der Waals surface area contributed by atoms with Crippen LogP contribution in [0.4, 0.5) is 0 Å². The van der Waals surface area contributed by atoms with E-state index in [9.17, 15) is 5.11 Å². The second-order valence-electron chi connectivity index (χ2n) is 6.88. The van der Waals surface area contributed by atoms with Crippen molar-refractivity contribution in [1.29, 1.82) is 0 Å². The van der Waals surface area contributed by atoms with Gasteiger partial charge in [-0.25, -0.2) is 0 Å². The average Bonchev–Trinajstić information content (AvgIpc) is 2.97. The monoisotopic (exact) mass is 329 g/mol. The van der Waals surface area contributed by atoms with Gasteiger partial charge in [0.2, 0.25) is 0 Å². The fraction of sp³-hybridized carbons (Fsp3) is 0.526. The van der Waals surface area contributed by atoms with E-state index in [0.717, 1.165) is 36.3 Å². The molecule has 1 fully saturated rings. The van der Waals surface area contributed by atoms with Gasteiger partial charge in [-0.3, -0.25) is 4.68 Å². The minimum atomic E-state index is -0.0736. The van der Waals surface area contributed by atoms with Gasteiger partial charge < -0.3 is 15.2 Å². The first-order valence-corrected chi connectivity index (χ1v) is 8.55. The molecular weight excluding hydrogens is 302 g/mol. The Balaban J connectivity index is 1.83. The maximum atomic E-state index is 10.0. The number of hydrogen-bond acceptors (Lipinski definition) is 4. The molecule has 0 aliphatic heterocycles. The Labute approximate surface area is 143 Å². The number of aryl methyl sites for hydroxylation is 1. The number of methoxy groups -OCH3 is 1. The molecule has 1 aliphatic carbocycles. The Morgan fingerprint density at radius 1 is 1.42 bits per heavy atom. The van der Waals surface area contributed by atoms with Crippen molar-refractivity contribution in [3.8, 4) is 5.75 Å². The normalized spacial score (nSPS) is 17.3. The molecule has 0 radical (unpaired) electrons. The second-order valence-corrected chi connectivity index (χ2v) is 6.88. The molecule has 5 nitrogen and oxygen atoms in total. The van der Waals surface area contributed by atoms with Crippen LogP contribution in [0.25, 0.3) is 0 Å². The third-order valence-electron chi connectivity index (χ3n) is 5.45. The Hall–Kier alpha value is -1.85. The lowest BCUT2D eigenvalue weighted by molar-refractivity contribution is 0.00455. The van der Waals surface area contributed by atoms with Gasteiger partial charge in [0, 0.05) is 36.8 Å². The maximum Gasteiger partial charge on any atom is 0.122 e. The predicted molar refractivity (Wildman–Crippen MR) is 93.9 cm³/mol. The molecule has 0 spiro atoms. The van der Waals surface area contributed by atoms with Crippen molar-refractivity contribution in [3.05, 3.63) is 47.3 Å². The number of ether oxygens (including phenoxy) is 1. The predicted octanol–water partition coefficient (Wildman–Crippen LogP) is 2.73. The van der Waals surface area contributed by atoms with Crippen molar-refractivity contribution in [2.75, 3.05) is 13.7 Å². The van der Waals surface area contributed by atoms with Crippen LogP contribution >= 0.6 is 0 Å². The minimum Gasteiger partial charge on any atom is -0.496 e. The summed E-state index contributed by atoms with van der Waals surface area (Å²) >= 11 is 0. The molecule has 1 atom stereocenters. The van der Waals surface area contributed by atoms with Crippen molar-refractivity contribution in [2.24, 2.45) is 12.5 Å². The topological polar surface area (TPSA) is 59.3 Å². The highest BCUT2D eigenvalue weighted by Gasteiger charge is 2.44. The molecule has 1 saturated carbocycles. The van der Waals surface area contributed by atoms with Crippen LogP contribution < -0.4 is 10.1 Å². The van der Waals surface area contributed by atoms with Crippen molar-refractivity contribution < 1.29 is 9.84 Å². The zero-order valence-electron chi connectivity index (χ0n) is 14.7. The van der Waals surface area contributed by atoms with Crippen LogP contribution in [-0.4, -0.2) is 28.6 Å². The van der Waals surface area contributed by atoms with Crippen molar-refractivity contribution in [1.82, 2.24) is 15.1 Å². The van der Waals surface area contributed by atoms with E-state index in [-0.39, 0.29) is 18.1 Å². The number of hydrogen-bond donors (Lipinski definition) is 2. The minimum absolute atomic E-state index is 0.0736. The number of nitrogens with zero attached hydrogens (tertiary/aromatic N) is 2. The molecule has 1 aromatic carbocycles. The van der Waals surface area contributed by atoms with E-state index in [1.807, 2.05) is 36.3 Å². The van der Waals surface area contributed by atoms with E-state index in [4.69, 9.17) is 4.74 Å². The smallest absolute Gasteiger partial charge is 0.122 e. The summed E-state index contributed by atoms with van der Waals surface area (Å²) in [5.41, 5.74) is 3.45. The lowest BCUT2D eigenvalue weighted by atomic mass is 9.63. The van der Waals surface area contributed by atoms with E-state index >= 15 is 0 Å². The zero-order valence-corrected chi connectivity index (χ0v) is 14.7. The van der Waals surface area contributed by atoms with Crippen LogP contribution in [0.1, 0.15) is 42.0 Å². The SMILES string of the molecule is COc1cccc(CN[C@H](c2cnn(C)c2)C2(CO)CCC2)c1C. The highest BCUT2D eigenvalue weighted by Crippen LogP contribution is 2.50. The van der Waals surface area contributed by atoms with E-state index in [1.165, 1.54) is 12.0 Å². The average molecular weight is 329 g/mol. The van der Waals surface area contributed by atoms with Gasteiger partial charge in [-0.2, -0.15) is 5.10 Å². The Kier molecular flexibility index (Phi) is 4.92. The first-order valence-electron chi connectivity index (χ1n) is 8.55. The first kappa shape index (κ1) is 17.0. The molecule has 1 aromatic heterocycles. The third kappa shape index (κ3) is 3.06. The Morgan fingerprint density at radius 2 is 2.21 bits per heavy atom. The van der Waals surface area contributed by atoms with Crippen LogP contribution in [-0.2, 0) is 13.6 Å². The van der Waals surface area contributed by atoms with Crippen LogP contribution in [0.5, 0.6) is 5.75 Å². The quantitative estimate of drug-likeness (QED) is 0.820. The molecule has 0 saturated heterocycles. The van der Waals surface area contributed by atoms with E-state index in [1.54, 1.807) is 7.11 Å². The molecule has 0 amide bonds. The summed E-state index contributed by atoms with van der Waals surface area (Å²) in [7, 11) is 3.63. The summed E-state index contributed by atoms with van der Waals surface area (Å²) in [5.74, 6) is 0.910. The molecular formula is C19H27N3O2. The summed E-state index contributed by atoms with van der Waals surface area (Å²) in [5, 5.41) is 18.0. The third-order valence-corrected chi connectivity index (χ3v) is 5.45. The molecule has 1 aliphatic rings. The van der Waals surface area contributed by atoms with Gasteiger partial charge in [-0.1, -0.05) is 18.6 Å². The largest absolute Gasteiger partial charge is 0.496 e. The summed E-state index contributed by atoms with van der Waals surface area (Å²) < 4.78 is 7.24. The standard InChI is InChI=1S/C19H27N3O2/c1-14-15(6-4-7-17(14)24-3)10-20-18(16-11-21-22(2)12-16)19(13-23)8-5-9-19/h4,6-7,11-12,18,20,23H,5,8-10,13H2,1-3H3/t18-/m1/s1. The van der Waals surface area contributed by atoms with Crippen LogP contribution in [0, 0.1) is 12.3 Å². The van der Waals surface area contributed by atoms with Gasteiger partial charge in [0.15, 0.2) is 0 Å². The Morgan fingerprint density at radius 3 is 2.75 bits per heavy atom. The van der Waals surface area contributed by atoms with Crippen molar-refractivity contribution >= 4 is 0 Å². The van der Waals surface area contributed by atoms with E-state index in [2.05, 4.69) is 23.4 Å². The van der Waals surface area contributed by atoms with Gasteiger partial charge in [0.05, 0.1) is 19.9 Å². The molecule has 130 valence electrons. The fourth-order valence-electron chi connectivity index (χ4n) is 3.73. The number of aliphatic hydroxyl groups is 1. The number of nitrogens with one attached hydrogen (secondary N) is 1. The molecule has 1 heterocycles. The van der Waals surface area contributed by atoms with Gasteiger partial charge >= 0.3 is 0 Å². The highest BCUT2D eigenvalue weighted by molar-refractivity contribution is 5.39. The molecule has 2 aromatic rings. The van der Waals surface area contributed by atoms with Gasteiger partial charge in [-0.05, 0) is 37.0 Å².